The normalized spacial score (nSPS) is 12.4. The quantitative estimate of drug-likeness (QED) is 0.763. The van der Waals surface area contributed by atoms with Gasteiger partial charge in [0.2, 0.25) is 0 Å². The highest BCUT2D eigenvalue weighted by Crippen LogP contribution is 2.26. The van der Waals surface area contributed by atoms with Gasteiger partial charge in [-0.3, -0.25) is 0 Å². The molecule has 0 spiro atoms. The second-order valence-electron chi connectivity index (χ2n) is 5.22. The average molecular weight is 303 g/mol. The van der Waals surface area contributed by atoms with Crippen LogP contribution in [-0.2, 0) is 0 Å². The summed E-state index contributed by atoms with van der Waals surface area (Å²) in [6.07, 6.45) is 0. The van der Waals surface area contributed by atoms with Crippen LogP contribution in [0, 0.1) is 19.7 Å². The standard InChI is InChI=1S/C18H22FNS/c1-4-20-18(15-9-8-13(2)14(3)10-15)12-21-17-7-5-6-16(19)11-17/h5-11,18,20H,4,12H2,1-3H3. The molecule has 1 nitrogen and oxygen atoms in total. The van der Waals surface area contributed by atoms with Crippen molar-refractivity contribution in [3.63, 3.8) is 0 Å². The SMILES string of the molecule is CCNC(CSc1cccc(F)c1)c1ccc(C)c(C)c1. The second-order valence-corrected chi connectivity index (χ2v) is 6.32. The van der Waals surface area contributed by atoms with Gasteiger partial charge in [0, 0.05) is 16.7 Å². The molecule has 0 bridgehead atoms. The Hall–Kier alpha value is -1.32. The smallest absolute Gasteiger partial charge is 0.124 e. The Balaban J connectivity index is 2.09. The molecular weight excluding hydrogens is 281 g/mol. The van der Waals surface area contributed by atoms with E-state index in [1.807, 2.05) is 6.07 Å². The number of thioether (sulfide) groups is 1. The van der Waals surface area contributed by atoms with Gasteiger partial charge in [0.1, 0.15) is 5.82 Å². The van der Waals surface area contributed by atoms with Crippen LogP contribution < -0.4 is 5.32 Å². The van der Waals surface area contributed by atoms with Crippen molar-refractivity contribution in [3.05, 3.63) is 65.0 Å². The van der Waals surface area contributed by atoms with Gasteiger partial charge in [-0.25, -0.2) is 4.39 Å². The summed E-state index contributed by atoms with van der Waals surface area (Å²) in [5, 5.41) is 3.52. The number of hydrogen-bond acceptors (Lipinski definition) is 2. The molecule has 0 aromatic heterocycles. The Kier molecular flexibility index (Phi) is 5.83. The number of rotatable bonds is 6. The molecule has 0 saturated carbocycles. The highest BCUT2D eigenvalue weighted by Gasteiger charge is 2.11. The molecule has 2 rings (SSSR count). The zero-order valence-corrected chi connectivity index (χ0v) is 13.6. The fourth-order valence-electron chi connectivity index (χ4n) is 2.24. The van der Waals surface area contributed by atoms with Gasteiger partial charge < -0.3 is 5.32 Å². The maximum Gasteiger partial charge on any atom is 0.124 e. The highest BCUT2D eigenvalue weighted by molar-refractivity contribution is 7.99. The fourth-order valence-corrected chi connectivity index (χ4v) is 3.28. The van der Waals surface area contributed by atoms with Crippen LogP contribution in [0.15, 0.2) is 47.4 Å². The molecule has 1 unspecified atom stereocenters. The van der Waals surface area contributed by atoms with Crippen molar-refractivity contribution in [2.45, 2.75) is 31.7 Å². The first kappa shape index (κ1) is 16.1. The average Bonchev–Trinajstić information content (AvgIpc) is 2.46. The molecule has 112 valence electrons. The molecule has 0 saturated heterocycles. The predicted molar refractivity (Wildman–Crippen MR) is 89.5 cm³/mol. The van der Waals surface area contributed by atoms with E-state index in [2.05, 4.69) is 44.3 Å². The summed E-state index contributed by atoms with van der Waals surface area (Å²) in [5.74, 6) is 0.714. The Morgan fingerprint density at radius 1 is 1.10 bits per heavy atom. The summed E-state index contributed by atoms with van der Waals surface area (Å²) in [5.41, 5.74) is 3.92. The molecule has 0 heterocycles. The largest absolute Gasteiger partial charge is 0.309 e. The molecule has 0 aliphatic rings. The van der Waals surface area contributed by atoms with Crippen molar-refractivity contribution in [2.75, 3.05) is 12.3 Å². The monoisotopic (exact) mass is 303 g/mol. The van der Waals surface area contributed by atoms with Crippen molar-refractivity contribution in [3.8, 4) is 0 Å². The Labute approximate surface area is 131 Å². The Bertz CT molecular complexity index is 598. The maximum absolute atomic E-state index is 13.2. The van der Waals surface area contributed by atoms with Crippen LogP contribution in [-0.4, -0.2) is 12.3 Å². The summed E-state index contributed by atoms with van der Waals surface area (Å²) in [7, 11) is 0. The van der Waals surface area contributed by atoms with E-state index in [9.17, 15) is 4.39 Å². The lowest BCUT2D eigenvalue weighted by atomic mass is 10.0. The predicted octanol–water partition coefficient (Wildman–Crippen LogP) is 4.89. The van der Waals surface area contributed by atoms with E-state index in [4.69, 9.17) is 0 Å². The lowest BCUT2D eigenvalue weighted by Crippen LogP contribution is -2.23. The Morgan fingerprint density at radius 3 is 2.57 bits per heavy atom. The molecule has 1 N–H and O–H groups in total. The minimum atomic E-state index is -0.175. The van der Waals surface area contributed by atoms with E-state index in [0.717, 1.165) is 17.2 Å². The fraction of sp³-hybridized carbons (Fsp3) is 0.333. The minimum absolute atomic E-state index is 0.175. The number of halogens is 1. The van der Waals surface area contributed by atoms with E-state index in [1.54, 1.807) is 23.9 Å². The van der Waals surface area contributed by atoms with E-state index < -0.39 is 0 Å². The molecule has 21 heavy (non-hydrogen) atoms. The van der Waals surface area contributed by atoms with E-state index in [1.165, 1.54) is 22.8 Å². The van der Waals surface area contributed by atoms with E-state index in [-0.39, 0.29) is 11.9 Å². The summed E-state index contributed by atoms with van der Waals surface area (Å²) in [6, 6.07) is 13.7. The molecule has 0 aliphatic heterocycles. The van der Waals surface area contributed by atoms with Crippen LogP contribution in [0.5, 0.6) is 0 Å². The van der Waals surface area contributed by atoms with Crippen molar-refractivity contribution in [1.29, 1.82) is 0 Å². The third kappa shape index (κ3) is 4.58. The topological polar surface area (TPSA) is 12.0 Å². The van der Waals surface area contributed by atoms with Gasteiger partial charge in [0.15, 0.2) is 0 Å². The third-order valence-corrected chi connectivity index (χ3v) is 4.68. The number of hydrogen-bond donors (Lipinski definition) is 1. The zero-order chi connectivity index (χ0) is 15.2. The van der Waals surface area contributed by atoms with Crippen LogP contribution in [0.25, 0.3) is 0 Å². The molecule has 0 radical (unpaired) electrons. The van der Waals surface area contributed by atoms with Crippen molar-refractivity contribution in [1.82, 2.24) is 5.32 Å². The van der Waals surface area contributed by atoms with Gasteiger partial charge >= 0.3 is 0 Å². The van der Waals surface area contributed by atoms with Crippen LogP contribution in [0.4, 0.5) is 4.39 Å². The molecule has 1 atom stereocenters. The maximum atomic E-state index is 13.2. The van der Waals surface area contributed by atoms with Gasteiger partial charge in [-0.2, -0.15) is 0 Å². The summed E-state index contributed by atoms with van der Waals surface area (Å²) in [4.78, 5) is 0.974. The summed E-state index contributed by atoms with van der Waals surface area (Å²) in [6.45, 7) is 7.30. The lowest BCUT2D eigenvalue weighted by Gasteiger charge is -2.19. The van der Waals surface area contributed by atoms with Gasteiger partial charge in [-0.1, -0.05) is 31.2 Å². The first-order valence-electron chi connectivity index (χ1n) is 7.29. The van der Waals surface area contributed by atoms with Crippen LogP contribution in [0.1, 0.15) is 29.7 Å². The third-order valence-electron chi connectivity index (χ3n) is 3.60. The van der Waals surface area contributed by atoms with E-state index >= 15 is 0 Å². The number of nitrogens with one attached hydrogen (secondary N) is 1. The second kappa shape index (κ2) is 7.62. The molecule has 0 fully saturated rings. The molecule has 3 heteroatoms. The first-order valence-corrected chi connectivity index (χ1v) is 8.27. The van der Waals surface area contributed by atoms with Gasteiger partial charge in [-0.05, 0) is 55.3 Å². The van der Waals surface area contributed by atoms with Crippen LogP contribution in [0.3, 0.4) is 0 Å². The van der Waals surface area contributed by atoms with Gasteiger partial charge in [0.05, 0.1) is 0 Å². The lowest BCUT2D eigenvalue weighted by molar-refractivity contribution is 0.605. The van der Waals surface area contributed by atoms with Crippen LogP contribution >= 0.6 is 11.8 Å². The van der Waals surface area contributed by atoms with Crippen molar-refractivity contribution < 1.29 is 4.39 Å². The van der Waals surface area contributed by atoms with Crippen molar-refractivity contribution in [2.24, 2.45) is 0 Å². The molecule has 2 aromatic carbocycles. The van der Waals surface area contributed by atoms with Gasteiger partial charge in [-0.15, -0.1) is 11.8 Å². The zero-order valence-electron chi connectivity index (χ0n) is 12.8. The number of benzene rings is 2. The number of aryl methyl sites for hydroxylation is 2. The molecular formula is C18H22FNS. The Morgan fingerprint density at radius 2 is 1.90 bits per heavy atom. The molecule has 2 aromatic rings. The first-order chi connectivity index (χ1) is 10.1. The molecule has 0 aliphatic carbocycles. The highest BCUT2D eigenvalue weighted by atomic mass is 32.2. The van der Waals surface area contributed by atoms with Gasteiger partial charge in [0.25, 0.3) is 0 Å². The molecule has 0 amide bonds. The van der Waals surface area contributed by atoms with E-state index in [0.29, 0.717) is 0 Å². The minimum Gasteiger partial charge on any atom is -0.309 e. The van der Waals surface area contributed by atoms with Crippen LogP contribution in [0.2, 0.25) is 0 Å². The van der Waals surface area contributed by atoms with Crippen molar-refractivity contribution >= 4 is 11.8 Å². The summed E-state index contributed by atoms with van der Waals surface area (Å²) < 4.78 is 13.2. The summed E-state index contributed by atoms with van der Waals surface area (Å²) >= 11 is 1.69.